The van der Waals surface area contributed by atoms with Crippen LogP contribution in [0.2, 0.25) is 0 Å². The van der Waals surface area contributed by atoms with Crippen LogP contribution in [0.25, 0.3) is 0 Å². The van der Waals surface area contributed by atoms with E-state index in [1.807, 2.05) is 0 Å². The van der Waals surface area contributed by atoms with Gasteiger partial charge >= 0.3 is 5.97 Å². The first-order valence-corrected chi connectivity index (χ1v) is 5.98. The standard InChI is InChI=1S/C13H12N4O4/c14-11(18)8(7-4-2-1-3-5-7)17-12(19)9-10(13(20)21)16-6-15-9/h1-5,8H,6H2,(H2,14,18)(H,17,19)(H,20,21). The van der Waals surface area contributed by atoms with Crippen LogP contribution >= 0.6 is 0 Å². The van der Waals surface area contributed by atoms with Crippen LogP contribution in [0.3, 0.4) is 0 Å². The number of aliphatic carboxylic acids is 1. The van der Waals surface area contributed by atoms with E-state index >= 15 is 0 Å². The van der Waals surface area contributed by atoms with Gasteiger partial charge in [-0.1, -0.05) is 30.3 Å². The Hall–Kier alpha value is -3.03. The van der Waals surface area contributed by atoms with E-state index in [2.05, 4.69) is 15.3 Å². The Balaban J connectivity index is 2.19. The molecule has 1 heterocycles. The highest BCUT2D eigenvalue weighted by molar-refractivity contribution is 6.80. The summed E-state index contributed by atoms with van der Waals surface area (Å²) in [6.07, 6.45) is 0. The Bertz CT molecular complexity index is 651. The Labute approximate surface area is 119 Å². The molecular formula is C13H12N4O4. The zero-order chi connectivity index (χ0) is 15.4. The Morgan fingerprint density at radius 3 is 2.33 bits per heavy atom. The summed E-state index contributed by atoms with van der Waals surface area (Å²) < 4.78 is 0. The monoisotopic (exact) mass is 288 g/mol. The van der Waals surface area contributed by atoms with Crippen molar-refractivity contribution >= 4 is 29.2 Å². The van der Waals surface area contributed by atoms with E-state index in [0.29, 0.717) is 5.56 Å². The molecule has 1 atom stereocenters. The van der Waals surface area contributed by atoms with Gasteiger partial charge in [0.15, 0.2) is 11.4 Å². The molecule has 8 nitrogen and oxygen atoms in total. The number of primary amides is 1. The van der Waals surface area contributed by atoms with Gasteiger partial charge in [-0.25, -0.2) is 4.79 Å². The van der Waals surface area contributed by atoms with Crippen LogP contribution in [-0.2, 0) is 14.4 Å². The largest absolute Gasteiger partial charge is 0.476 e. The number of nitrogens with two attached hydrogens (primary N) is 1. The molecule has 0 bridgehead atoms. The first-order valence-electron chi connectivity index (χ1n) is 5.98. The lowest BCUT2D eigenvalue weighted by Gasteiger charge is -2.15. The maximum atomic E-state index is 12.1. The summed E-state index contributed by atoms with van der Waals surface area (Å²) in [7, 11) is 0. The Morgan fingerprint density at radius 1 is 1.14 bits per heavy atom. The van der Waals surface area contributed by atoms with Crippen molar-refractivity contribution in [2.24, 2.45) is 15.7 Å². The number of nitrogens with one attached hydrogen (secondary N) is 1. The molecule has 1 unspecified atom stereocenters. The zero-order valence-electron chi connectivity index (χ0n) is 10.8. The lowest BCUT2D eigenvalue weighted by Crippen LogP contribution is -2.43. The number of carboxylic acid groups (broad SMARTS) is 1. The van der Waals surface area contributed by atoms with Gasteiger partial charge in [-0.15, -0.1) is 0 Å². The van der Waals surface area contributed by atoms with Crippen LogP contribution in [-0.4, -0.2) is 41.0 Å². The van der Waals surface area contributed by atoms with Crippen molar-refractivity contribution < 1.29 is 19.5 Å². The maximum Gasteiger partial charge on any atom is 0.356 e. The van der Waals surface area contributed by atoms with E-state index in [0.717, 1.165) is 0 Å². The number of benzene rings is 1. The average molecular weight is 288 g/mol. The predicted molar refractivity (Wildman–Crippen MR) is 73.9 cm³/mol. The van der Waals surface area contributed by atoms with Crippen LogP contribution in [0, 0.1) is 0 Å². The van der Waals surface area contributed by atoms with Gasteiger partial charge in [0.1, 0.15) is 12.7 Å². The third-order valence-electron chi connectivity index (χ3n) is 2.79. The highest BCUT2D eigenvalue weighted by Crippen LogP contribution is 2.12. The van der Waals surface area contributed by atoms with Crippen molar-refractivity contribution in [3.63, 3.8) is 0 Å². The maximum absolute atomic E-state index is 12.1. The fourth-order valence-electron chi connectivity index (χ4n) is 1.84. The molecule has 0 radical (unpaired) electrons. The molecular weight excluding hydrogens is 276 g/mol. The zero-order valence-corrected chi connectivity index (χ0v) is 10.8. The molecule has 0 aliphatic carbocycles. The normalized spacial score (nSPS) is 14.9. The van der Waals surface area contributed by atoms with Crippen LogP contribution < -0.4 is 11.1 Å². The van der Waals surface area contributed by atoms with Crippen molar-refractivity contribution in [2.45, 2.75) is 6.04 Å². The van der Waals surface area contributed by atoms with E-state index in [1.54, 1.807) is 30.3 Å². The van der Waals surface area contributed by atoms with Crippen molar-refractivity contribution in [1.29, 1.82) is 0 Å². The van der Waals surface area contributed by atoms with Crippen molar-refractivity contribution in [3.8, 4) is 0 Å². The molecule has 4 N–H and O–H groups in total. The first kappa shape index (κ1) is 14.4. The summed E-state index contributed by atoms with van der Waals surface area (Å²) in [5.41, 5.74) is 5.02. The topological polar surface area (TPSA) is 134 Å². The molecule has 1 aromatic rings. The highest BCUT2D eigenvalue weighted by atomic mass is 16.4. The molecule has 21 heavy (non-hydrogen) atoms. The summed E-state index contributed by atoms with van der Waals surface area (Å²) in [6, 6.07) is 7.30. The number of carbonyl (C=O) groups is 3. The molecule has 0 saturated heterocycles. The van der Waals surface area contributed by atoms with Gasteiger partial charge in [0.05, 0.1) is 0 Å². The molecule has 1 aromatic carbocycles. The fraction of sp³-hybridized carbons (Fsp3) is 0.154. The molecule has 0 saturated carbocycles. The van der Waals surface area contributed by atoms with E-state index in [1.165, 1.54) is 0 Å². The number of amides is 2. The minimum atomic E-state index is -1.35. The number of hydrogen-bond donors (Lipinski definition) is 3. The SMILES string of the molecule is NC(=O)C(NC(=O)C1=NCN=C1C(=O)O)c1ccccc1. The van der Waals surface area contributed by atoms with E-state index in [-0.39, 0.29) is 12.4 Å². The summed E-state index contributed by atoms with van der Waals surface area (Å²) in [5.74, 6) is -2.92. The molecule has 1 aliphatic heterocycles. The van der Waals surface area contributed by atoms with E-state index < -0.39 is 29.5 Å². The molecule has 0 spiro atoms. The number of carbonyl (C=O) groups excluding carboxylic acids is 2. The lowest BCUT2D eigenvalue weighted by molar-refractivity contribution is -0.129. The Kier molecular flexibility index (Phi) is 4.07. The van der Waals surface area contributed by atoms with Crippen molar-refractivity contribution in [2.75, 3.05) is 6.67 Å². The number of nitrogens with zero attached hydrogens (tertiary/aromatic N) is 2. The molecule has 1 aliphatic rings. The fourth-order valence-corrected chi connectivity index (χ4v) is 1.84. The first-order chi connectivity index (χ1) is 10.0. The van der Waals surface area contributed by atoms with Crippen LogP contribution in [0.5, 0.6) is 0 Å². The van der Waals surface area contributed by atoms with Gasteiger partial charge in [-0.05, 0) is 5.56 Å². The molecule has 0 fully saturated rings. The molecule has 0 aromatic heterocycles. The number of carboxylic acids is 1. The van der Waals surface area contributed by atoms with Gasteiger partial charge in [0.25, 0.3) is 5.91 Å². The van der Waals surface area contributed by atoms with Gasteiger partial charge in [0, 0.05) is 0 Å². The smallest absolute Gasteiger partial charge is 0.356 e. The number of rotatable bonds is 5. The van der Waals surface area contributed by atoms with Gasteiger partial charge in [-0.3, -0.25) is 19.6 Å². The summed E-state index contributed by atoms with van der Waals surface area (Å²) in [6.45, 7) is -0.128. The molecule has 8 heteroatoms. The van der Waals surface area contributed by atoms with Crippen LogP contribution in [0.15, 0.2) is 40.3 Å². The minimum Gasteiger partial charge on any atom is -0.476 e. The van der Waals surface area contributed by atoms with E-state index in [9.17, 15) is 14.4 Å². The highest BCUT2D eigenvalue weighted by Gasteiger charge is 2.30. The third kappa shape index (κ3) is 3.11. The second kappa shape index (κ2) is 5.95. The van der Waals surface area contributed by atoms with Crippen molar-refractivity contribution in [3.05, 3.63) is 35.9 Å². The van der Waals surface area contributed by atoms with Crippen LogP contribution in [0.4, 0.5) is 0 Å². The number of aliphatic imine (C=N–C) groups is 2. The molecule has 2 rings (SSSR count). The van der Waals surface area contributed by atoms with Crippen molar-refractivity contribution in [1.82, 2.24) is 5.32 Å². The summed E-state index contributed by atoms with van der Waals surface area (Å²) in [4.78, 5) is 41.8. The molecule has 2 amide bonds. The third-order valence-corrected chi connectivity index (χ3v) is 2.79. The Morgan fingerprint density at radius 2 is 1.76 bits per heavy atom. The molecule has 108 valence electrons. The van der Waals surface area contributed by atoms with Gasteiger partial charge in [0.2, 0.25) is 5.91 Å². The van der Waals surface area contributed by atoms with Gasteiger partial charge in [-0.2, -0.15) is 0 Å². The quantitative estimate of drug-likeness (QED) is 0.658. The van der Waals surface area contributed by atoms with E-state index in [4.69, 9.17) is 10.8 Å². The van der Waals surface area contributed by atoms with Crippen LogP contribution in [0.1, 0.15) is 11.6 Å². The second-order valence-electron chi connectivity index (χ2n) is 4.18. The van der Waals surface area contributed by atoms with Gasteiger partial charge < -0.3 is 16.2 Å². The lowest BCUT2D eigenvalue weighted by atomic mass is 10.1. The summed E-state index contributed by atoms with van der Waals surface area (Å²) >= 11 is 0. The predicted octanol–water partition coefficient (Wildman–Crippen LogP) is -0.733. The average Bonchev–Trinajstić information content (AvgIpc) is 2.94. The number of hydrogen-bond acceptors (Lipinski definition) is 5. The minimum absolute atomic E-state index is 0.128. The summed E-state index contributed by atoms with van der Waals surface area (Å²) in [5, 5.41) is 11.3. The second-order valence-corrected chi connectivity index (χ2v) is 4.18.